The van der Waals surface area contributed by atoms with Crippen molar-refractivity contribution in [1.82, 2.24) is 9.97 Å². The molecule has 0 unspecified atom stereocenters. The third-order valence-electron chi connectivity index (χ3n) is 2.24. The SMILES string of the molecule is CSc1nc(Cl)cc(Nc2cc(C)ccc2Cl)n1. The number of nitrogens with zero attached hydrogens (tertiary/aromatic N) is 2. The van der Waals surface area contributed by atoms with Crippen LogP contribution in [0.15, 0.2) is 29.4 Å². The summed E-state index contributed by atoms with van der Waals surface area (Å²) in [6, 6.07) is 7.42. The van der Waals surface area contributed by atoms with Crippen LogP contribution in [0.1, 0.15) is 5.56 Å². The fourth-order valence-corrected chi connectivity index (χ4v) is 2.20. The minimum absolute atomic E-state index is 0.403. The number of halogens is 2. The van der Waals surface area contributed by atoms with Gasteiger partial charge in [0.25, 0.3) is 0 Å². The van der Waals surface area contributed by atoms with Crippen LogP contribution in [0, 0.1) is 6.92 Å². The van der Waals surface area contributed by atoms with Gasteiger partial charge in [0.15, 0.2) is 5.16 Å². The number of thioether (sulfide) groups is 1. The summed E-state index contributed by atoms with van der Waals surface area (Å²) in [5.41, 5.74) is 1.92. The minimum atomic E-state index is 0.403. The highest BCUT2D eigenvalue weighted by molar-refractivity contribution is 7.98. The topological polar surface area (TPSA) is 37.8 Å². The quantitative estimate of drug-likeness (QED) is 0.512. The number of hydrogen-bond donors (Lipinski definition) is 1. The maximum atomic E-state index is 6.12. The lowest BCUT2D eigenvalue weighted by Gasteiger charge is -2.09. The first-order chi connectivity index (χ1) is 8.58. The molecule has 0 spiro atoms. The Kier molecular flexibility index (Phi) is 4.32. The van der Waals surface area contributed by atoms with Crippen LogP contribution in [0.2, 0.25) is 10.2 Å². The second-order valence-corrected chi connectivity index (χ2v) is 5.24. The van der Waals surface area contributed by atoms with Crippen LogP contribution in [-0.2, 0) is 0 Å². The Morgan fingerprint density at radius 2 is 1.94 bits per heavy atom. The molecule has 0 amide bonds. The second-order valence-electron chi connectivity index (χ2n) is 3.67. The maximum absolute atomic E-state index is 6.12. The Morgan fingerprint density at radius 1 is 1.17 bits per heavy atom. The van der Waals surface area contributed by atoms with E-state index in [1.165, 1.54) is 11.8 Å². The summed E-state index contributed by atoms with van der Waals surface area (Å²) >= 11 is 13.5. The molecule has 1 heterocycles. The molecular weight excluding hydrogens is 289 g/mol. The van der Waals surface area contributed by atoms with Crippen molar-refractivity contribution in [1.29, 1.82) is 0 Å². The molecule has 0 aliphatic heterocycles. The van der Waals surface area contributed by atoms with E-state index < -0.39 is 0 Å². The average Bonchev–Trinajstić information content (AvgIpc) is 2.33. The van der Waals surface area contributed by atoms with Gasteiger partial charge in [-0.3, -0.25) is 0 Å². The summed E-state index contributed by atoms with van der Waals surface area (Å²) in [6.07, 6.45) is 1.90. The largest absolute Gasteiger partial charge is 0.339 e. The van der Waals surface area contributed by atoms with Crippen molar-refractivity contribution >= 4 is 46.5 Å². The molecule has 3 nitrogen and oxygen atoms in total. The Hall–Kier alpha value is -0.970. The molecule has 0 saturated heterocycles. The van der Waals surface area contributed by atoms with Crippen molar-refractivity contribution in [2.24, 2.45) is 0 Å². The predicted octanol–water partition coefficient (Wildman–Crippen LogP) is 4.56. The highest BCUT2D eigenvalue weighted by atomic mass is 35.5. The normalized spacial score (nSPS) is 10.4. The van der Waals surface area contributed by atoms with E-state index in [9.17, 15) is 0 Å². The molecule has 1 aromatic heterocycles. The van der Waals surface area contributed by atoms with Crippen LogP contribution in [0.25, 0.3) is 0 Å². The third-order valence-corrected chi connectivity index (χ3v) is 3.31. The van der Waals surface area contributed by atoms with Crippen molar-refractivity contribution in [2.75, 3.05) is 11.6 Å². The number of rotatable bonds is 3. The molecule has 94 valence electrons. The first-order valence-electron chi connectivity index (χ1n) is 5.20. The Bertz CT molecular complexity index is 575. The first-order valence-corrected chi connectivity index (χ1v) is 7.18. The molecule has 1 N–H and O–H groups in total. The summed E-state index contributed by atoms with van der Waals surface area (Å²) < 4.78 is 0. The number of nitrogens with one attached hydrogen (secondary N) is 1. The molecule has 0 saturated carbocycles. The highest BCUT2D eigenvalue weighted by Gasteiger charge is 2.05. The molecule has 1 aromatic carbocycles. The molecule has 0 aliphatic rings. The van der Waals surface area contributed by atoms with Crippen LogP contribution in [0.5, 0.6) is 0 Å². The van der Waals surface area contributed by atoms with Crippen molar-refractivity contribution in [3.63, 3.8) is 0 Å². The van der Waals surface area contributed by atoms with Crippen LogP contribution in [0.3, 0.4) is 0 Å². The zero-order valence-corrected chi connectivity index (χ0v) is 12.2. The van der Waals surface area contributed by atoms with Gasteiger partial charge in [-0.2, -0.15) is 0 Å². The average molecular weight is 300 g/mol. The van der Waals surface area contributed by atoms with E-state index in [1.807, 2.05) is 31.4 Å². The van der Waals surface area contributed by atoms with Crippen molar-refractivity contribution in [3.8, 4) is 0 Å². The number of aromatic nitrogens is 2. The van der Waals surface area contributed by atoms with E-state index in [0.29, 0.717) is 21.2 Å². The number of aryl methyl sites for hydroxylation is 1. The molecule has 0 aliphatic carbocycles. The minimum Gasteiger partial charge on any atom is -0.339 e. The standard InChI is InChI=1S/C12H11Cl2N3S/c1-7-3-4-8(13)9(5-7)15-11-6-10(14)16-12(17-11)18-2/h3-6H,1-2H3,(H,15,16,17). The molecule has 0 atom stereocenters. The zero-order valence-electron chi connectivity index (χ0n) is 9.87. The monoisotopic (exact) mass is 299 g/mol. The van der Waals surface area contributed by atoms with E-state index in [2.05, 4.69) is 15.3 Å². The molecule has 0 bridgehead atoms. The van der Waals surface area contributed by atoms with Crippen LogP contribution in [0.4, 0.5) is 11.5 Å². The number of benzene rings is 1. The van der Waals surface area contributed by atoms with Crippen LogP contribution < -0.4 is 5.32 Å². The first kappa shape index (κ1) is 13.5. The third kappa shape index (κ3) is 3.28. The van der Waals surface area contributed by atoms with E-state index in [0.717, 1.165) is 11.3 Å². The van der Waals surface area contributed by atoms with Crippen LogP contribution in [-0.4, -0.2) is 16.2 Å². The van der Waals surface area contributed by atoms with E-state index in [1.54, 1.807) is 6.07 Å². The van der Waals surface area contributed by atoms with Gasteiger partial charge < -0.3 is 5.32 Å². The summed E-state index contributed by atoms with van der Waals surface area (Å²) in [5, 5.41) is 4.81. The Balaban J connectivity index is 2.33. The Labute approximate surface area is 120 Å². The van der Waals surface area contributed by atoms with Gasteiger partial charge in [-0.1, -0.05) is 41.0 Å². The van der Waals surface area contributed by atoms with Gasteiger partial charge >= 0.3 is 0 Å². The Morgan fingerprint density at radius 3 is 2.67 bits per heavy atom. The smallest absolute Gasteiger partial charge is 0.190 e. The lowest BCUT2D eigenvalue weighted by molar-refractivity contribution is 0.976. The highest BCUT2D eigenvalue weighted by Crippen LogP contribution is 2.27. The summed E-state index contributed by atoms with van der Waals surface area (Å²) in [5.74, 6) is 0.631. The van der Waals surface area contributed by atoms with Gasteiger partial charge in [0.2, 0.25) is 0 Å². The van der Waals surface area contributed by atoms with Crippen molar-refractivity contribution < 1.29 is 0 Å². The fourth-order valence-electron chi connectivity index (χ4n) is 1.42. The molecule has 6 heteroatoms. The van der Waals surface area contributed by atoms with Gasteiger partial charge in [0, 0.05) is 6.07 Å². The maximum Gasteiger partial charge on any atom is 0.190 e. The summed E-state index contributed by atoms with van der Waals surface area (Å²) in [7, 11) is 0. The van der Waals surface area contributed by atoms with Gasteiger partial charge in [0.1, 0.15) is 11.0 Å². The van der Waals surface area contributed by atoms with Gasteiger partial charge in [-0.15, -0.1) is 0 Å². The van der Waals surface area contributed by atoms with Crippen LogP contribution >= 0.6 is 35.0 Å². The molecule has 2 aromatic rings. The summed E-state index contributed by atoms with van der Waals surface area (Å²) in [6.45, 7) is 2.00. The molecular formula is C12H11Cl2N3S. The molecule has 2 rings (SSSR count). The molecule has 18 heavy (non-hydrogen) atoms. The lowest BCUT2D eigenvalue weighted by atomic mass is 10.2. The number of hydrogen-bond acceptors (Lipinski definition) is 4. The number of anilines is 2. The van der Waals surface area contributed by atoms with Crippen molar-refractivity contribution in [3.05, 3.63) is 40.0 Å². The van der Waals surface area contributed by atoms with Gasteiger partial charge in [0.05, 0.1) is 10.7 Å². The van der Waals surface area contributed by atoms with E-state index in [-0.39, 0.29) is 0 Å². The van der Waals surface area contributed by atoms with Crippen molar-refractivity contribution in [2.45, 2.75) is 12.1 Å². The van der Waals surface area contributed by atoms with E-state index >= 15 is 0 Å². The van der Waals surface area contributed by atoms with E-state index in [4.69, 9.17) is 23.2 Å². The molecule has 0 radical (unpaired) electrons. The molecule has 0 fully saturated rings. The fraction of sp³-hybridized carbons (Fsp3) is 0.167. The van der Waals surface area contributed by atoms with Gasteiger partial charge in [-0.25, -0.2) is 9.97 Å². The summed E-state index contributed by atoms with van der Waals surface area (Å²) in [4.78, 5) is 8.39. The zero-order chi connectivity index (χ0) is 13.1. The van der Waals surface area contributed by atoms with Gasteiger partial charge in [-0.05, 0) is 30.9 Å². The predicted molar refractivity (Wildman–Crippen MR) is 78.3 cm³/mol. The lowest BCUT2D eigenvalue weighted by Crippen LogP contribution is -1.97. The second kappa shape index (κ2) is 5.78.